The smallest absolute Gasteiger partial charge is 0.0732 e. The summed E-state index contributed by atoms with van der Waals surface area (Å²) in [4.78, 5) is 19.9. The van der Waals surface area contributed by atoms with Crippen molar-refractivity contribution in [2.75, 3.05) is 0 Å². The lowest BCUT2D eigenvalue weighted by Crippen LogP contribution is -2.20. The first-order chi connectivity index (χ1) is 26.2. The highest BCUT2D eigenvalue weighted by atomic mass is 14.8. The average Bonchev–Trinajstić information content (AvgIpc) is 4.00. The number of rotatable bonds is 4. The van der Waals surface area contributed by atoms with Gasteiger partial charge in [-0.2, -0.15) is 0 Å². The second-order valence-electron chi connectivity index (χ2n) is 18.0. The van der Waals surface area contributed by atoms with Crippen LogP contribution in [0, 0.1) is 23.7 Å². The Hall–Kier alpha value is -4.44. The summed E-state index contributed by atoms with van der Waals surface area (Å²) in [5, 5.41) is 0. The standard InChI is InChI=1S/C49H48N4/c1-2-3-4-5-33-48-46-31-18-14-29(15-19-31)44(46)38(52-48)23-36-42-27-10-6-25(7-11-27)40(42)34(50-36)22-35-41-26-8-12-28(13-9-26)43(41)37(51-35)24-39-45-30-16-20-32(21-17-30)47(45)49(33)53-39/h6,8,10,12,14,16,18,20,22-32,50-51H,2-5,7,9,11,13,15,17,19,21H2,1H3. The van der Waals surface area contributed by atoms with Gasteiger partial charge in [0.1, 0.15) is 0 Å². The van der Waals surface area contributed by atoms with E-state index in [0.29, 0.717) is 47.3 Å². The molecule has 0 aromatic carbocycles. The number of H-pyrrole nitrogens is 2. The van der Waals surface area contributed by atoms with Crippen molar-refractivity contribution in [1.82, 2.24) is 19.9 Å². The van der Waals surface area contributed by atoms with Crippen LogP contribution in [0.15, 0.2) is 66.8 Å². The molecule has 0 saturated heterocycles. The van der Waals surface area contributed by atoms with Crippen LogP contribution in [0.25, 0.3) is 44.4 Å². The number of aromatic nitrogens is 4. The summed E-state index contributed by atoms with van der Waals surface area (Å²) < 4.78 is 0. The highest BCUT2D eigenvalue weighted by Crippen LogP contribution is 2.57. The Balaban J connectivity index is 1.20. The van der Waals surface area contributed by atoms with E-state index >= 15 is 0 Å². The van der Waals surface area contributed by atoms with Crippen LogP contribution in [-0.4, -0.2) is 19.9 Å². The third-order valence-corrected chi connectivity index (χ3v) is 15.3. The second-order valence-corrected chi connectivity index (χ2v) is 18.0. The van der Waals surface area contributed by atoms with Gasteiger partial charge in [0.15, 0.2) is 0 Å². The molecule has 3 aromatic heterocycles. The normalized spacial score (nSPS) is 31.5. The van der Waals surface area contributed by atoms with Crippen LogP contribution >= 0.6 is 0 Å². The van der Waals surface area contributed by atoms with Crippen molar-refractivity contribution >= 4 is 44.4 Å². The molecule has 53 heavy (non-hydrogen) atoms. The van der Waals surface area contributed by atoms with E-state index in [4.69, 9.17) is 9.97 Å². The van der Waals surface area contributed by atoms with E-state index in [2.05, 4.69) is 83.7 Å². The number of aromatic amines is 2. The number of allylic oxidation sites excluding steroid dienone is 12. The molecule has 0 amide bonds. The van der Waals surface area contributed by atoms with Gasteiger partial charge >= 0.3 is 0 Å². The molecule has 0 saturated carbocycles. The molecule has 17 rings (SSSR count). The van der Waals surface area contributed by atoms with Crippen LogP contribution in [-0.2, 0) is 6.42 Å². The van der Waals surface area contributed by atoms with Gasteiger partial charge in [-0.25, -0.2) is 9.97 Å². The zero-order valence-electron chi connectivity index (χ0n) is 30.8. The molecular weight excluding hydrogens is 645 g/mol. The van der Waals surface area contributed by atoms with Crippen molar-refractivity contribution < 1.29 is 0 Å². The lowest BCUT2D eigenvalue weighted by molar-refractivity contribution is 0.556. The average molecular weight is 693 g/mol. The second kappa shape index (κ2) is 10.8. The molecule has 3 aromatic rings. The molecule has 2 aliphatic heterocycles. The lowest BCUT2D eigenvalue weighted by Gasteiger charge is -2.34. The Morgan fingerprint density at radius 2 is 0.811 bits per heavy atom. The molecule has 264 valence electrons. The van der Waals surface area contributed by atoms with Gasteiger partial charge in [0.05, 0.1) is 22.8 Å². The zero-order chi connectivity index (χ0) is 34.5. The van der Waals surface area contributed by atoms with Crippen molar-refractivity contribution in [3.63, 3.8) is 0 Å². The maximum Gasteiger partial charge on any atom is 0.0732 e. The van der Waals surface area contributed by atoms with Crippen molar-refractivity contribution in [2.24, 2.45) is 23.7 Å². The molecule has 8 atom stereocenters. The summed E-state index contributed by atoms with van der Waals surface area (Å²) in [7, 11) is 0. The fourth-order valence-corrected chi connectivity index (χ4v) is 12.9. The summed E-state index contributed by atoms with van der Waals surface area (Å²) >= 11 is 0. The van der Waals surface area contributed by atoms with Gasteiger partial charge in [0.2, 0.25) is 0 Å². The minimum atomic E-state index is 0.448. The minimum Gasteiger partial charge on any atom is -0.355 e. The van der Waals surface area contributed by atoms with Crippen molar-refractivity contribution in [1.29, 1.82) is 0 Å². The SMILES string of the molecule is CCCCCc1c2nc(cc3[nH]c(cc4[nH]c(cc5nc1C1=C5C5C=CC1CC5)c1c4C4C=CC1CC4)c1c3C3C=CC1CC3)C1=C2C2C=CC1CC2. The predicted molar refractivity (Wildman–Crippen MR) is 216 cm³/mol. The van der Waals surface area contributed by atoms with Crippen molar-refractivity contribution in [3.8, 4) is 0 Å². The van der Waals surface area contributed by atoms with E-state index in [1.54, 1.807) is 0 Å². The Labute approximate surface area is 312 Å². The Kier molecular flexibility index (Phi) is 6.12. The maximum absolute atomic E-state index is 5.85. The molecule has 12 aliphatic carbocycles. The number of nitrogens with zero attached hydrogens (tertiary/aromatic N) is 2. The molecule has 4 heteroatoms. The molecule has 4 nitrogen and oxygen atoms in total. The first kappa shape index (κ1) is 29.9. The lowest BCUT2D eigenvalue weighted by atomic mass is 9.68. The van der Waals surface area contributed by atoms with Gasteiger partial charge in [-0.05, 0) is 127 Å². The zero-order valence-corrected chi connectivity index (χ0v) is 30.8. The molecule has 16 bridgehead atoms. The predicted octanol–water partition coefficient (Wildman–Crippen LogP) is 12.1. The van der Waals surface area contributed by atoms with Crippen LogP contribution in [0.4, 0.5) is 0 Å². The molecule has 14 aliphatic rings. The molecule has 5 heterocycles. The Morgan fingerprint density at radius 3 is 1.19 bits per heavy atom. The maximum atomic E-state index is 5.85. The Morgan fingerprint density at radius 1 is 0.453 bits per heavy atom. The summed E-state index contributed by atoms with van der Waals surface area (Å²) in [5.41, 5.74) is 23.9. The first-order valence-electron chi connectivity index (χ1n) is 21.3. The van der Waals surface area contributed by atoms with Crippen molar-refractivity contribution in [3.05, 3.63) is 117 Å². The van der Waals surface area contributed by atoms with Crippen LogP contribution in [0.2, 0.25) is 0 Å². The Bertz CT molecular complexity index is 2370. The summed E-state index contributed by atoms with van der Waals surface area (Å²) in [6.45, 7) is 2.33. The van der Waals surface area contributed by atoms with E-state index in [-0.39, 0.29) is 0 Å². The number of nitrogens with one attached hydrogen (secondary N) is 2. The fourth-order valence-electron chi connectivity index (χ4n) is 12.9. The number of hydrogen-bond acceptors (Lipinski definition) is 2. The van der Waals surface area contributed by atoms with E-state index < -0.39 is 0 Å². The van der Waals surface area contributed by atoms with Crippen LogP contribution in [0.5, 0.6) is 0 Å². The minimum absolute atomic E-state index is 0.448. The van der Waals surface area contributed by atoms with Gasteiger partial charge in [-0.3, -0.25) is 0 Å². The summed E-state index contributed by atoms with van der Waals surface area (Å²) in [5.74, 6) is 3.70. The van der Waals surface area contributed by atoms with Gasteiger partial charge in [0.25, 0.3) is 0 Å². The monoisotopic (exact) mass is 692 g/mol. The van der Waals surface area contributed by atoms with E-state index in [9.17, 15) is 0 Å². The number of hydrogen-bond donors (Lipinski definition) is 2. The van der Waals surface area contributed by atoms with Gasteiger partial charge in [-0.1, -0.05) is 68.4 Å². The largest absolute Gasteiger partial charge is 0.355 e. The van der Waals surface area contributed by atoms with E-state index in [1.807, 2.05) is 0 Å². The van der Waals surface area contributed by atoms with Crippen LogP contribution < -0.4 is 0 Å². The molecule has 0 radical (unpaired) electrons. The number of unbranched alkanes of at least 4 members (excludes halogenated alkanes) is 2. The highest BCUT2D eigenvalue weighted by Gasteiger charge is 2.43. The van der Waals surface area contributed by atoms with Gasteiger partial charge in [-0.15, -0.1) is 0 Å². The van der Waals surface area contributed by atoms with Crippen molar-refractivity contribution in [2.45, 2.75) is 108 Å². The molecule has 0 spiro atoms. The quantitative estimate of drug-likeness (QED) is 0.211. The molecule has 0 fully saturated rings. The molecular formula is C49H48N4. The molecule has 2 N–H and O–H groups in total. The number of fused-ring (bicyclic) bond motifs is 12. The third kappa shape index (κ3) is 4.03. The van der Waals surface area contributed by atoms with E-state index in [0.717, 1.165) is 6.42 Å². The highest BCUT2D eigenvalue weighted by molar-refractivity contribution is 6.02. The summed E-state index contributed by atoms with van der Waals surface area (Å²) in [6, 6.07) is 7.50. The van der Waals surface area contributed by atoms with Gasteiger partial charge < -0.3 is 9.97 Å². The van der Waals surface area contributed by atoms with Gasteiger partial charge in [0, 0.05) is 75.0 Å². The fraction of sp³-hybridized carbons (Fsp3) is 0.429. The summed E-state index contributed by atoms with van der Waals surface area (Å²) in [6.07, 6.45) is 34.7. The molecule has 8 unspecified atom stereocenters. The third-order valence-electron chi connectivity index (χ3n) is 15.3. The van der Waals surface area contributed by atoms with E-state index in [1.165, 1.54) is 166 Å². The van der Waals surface area contributed by atoms with Crippen LogP contribution in [0.3, 0.4) is 0 Å². The topological polar surface area (TPSA) is 57.4 Å². The van der Waals surface area contributed by atoms with Crippen LogP contribution in [0.1, 0.15) is 152 Å². The first-order valence-corrected chi connectivity index (χ1v) is 21.3.